The number of nitro groups is 1. The molecule has 0 aromatic heterocycles. The Bertz CT molecular complexity index is 1430. The Morgan fingerprint density at radius 2 is 1.68 bits per heavy atom. The molecule has 1 N–H and O–H groups in total. The number of benzene rings is 4. The van der Waals surface area contributed by atoms with Crippen molar-refractivity contribution in [1.29, 1.82) is 5.26 Å². The molecule has 7 nitrogen and oxygen atoms in total. The summed E-state index contributed by atoms with van der Waals surface area (Å²) in [4.78, 5) is 22.9. The normalized spacial score (nSPS) is 11.0. The third-order valence-electron chi connectivity index (χ3n) is 5.18. The Labute approximate surface area is 195 Å². The van der Waals surface area contributed by atoms with Crippen LogP contribution in [-0.4, -0.2) is 10.8 Å². The van der Waals surface area contributed by atoms with Crippen LogP contribution in [0.3, 0.4) is 0 Å². The molecule has 34 heavy (non-hydrogen) atoms. The zero-order chi connectivity index (χ0) is 23.9. The van der Waals surface area contributed by atoms with Gasteiger partial charge in [-0.3, -0.25) is 14.9 Å². The monoisotopic (exact) mass is 449 g/mol. The maximum absolute atomic E-state index is 12.6. The lowest BCUT2D eigenvalue weighted by molar-refractivity contribution is -0.384. The number of carbonyl (C=O) groups is 1. The van der Waals surface area contributed by atoms with Crippen LogP contribution in [0, 0.1) is 21.4 Å². The number of ether oxygens (including phenoxy) is 1. The fourth-order valence-electron chi connectivity index (χ4n) is 3.47. The second-order valence-electron chi connectivity index (χ2n) is 7.39. The maximum atomic E-state index is 12.6. The molecule has 4 aromatic rings. The number of rotatable bonds is 7. The molecule has 0 aliphatic rings. The fraction of sp³-hybridized carbons (Fsp3) is 0.0370. The van der Waals surface area contributed by atoms with Gasteiger partial charge >= 0.3 is 0 Å². The first kappa shape index (κ1) is 22.2. The standard InChI is InChI=1S/C27H19N3O4/c28-17-22(27(31)29-23-12-14-24(15-13-23)30(32)33)16-20-7-2-4-11-26(20)34-18-21-9-5-8-19-6-1-3-10-25(19)21/h1-16H,18H2,(H,29,31). The summed E-state index contributed by atoms with van der Waals surface area (Å²) < 4.78 is 6.06. The van der Waals surface area contributed by atoms with Gasteiger partial charge in [-0.2, -0.15) is 5.26 Å². The highest BCUT2D eigenvalue weighted by Crippen LogP contribution is 2.25. The first-order chi connectivity index (χ1) is 16.5. The lowest BCUT2D eigenvalue weighted by atomic mass is 10.1. The largest absolute Gasteiger partial charge is 0.488 e. The van der Waals surface area contributed by atoms with E-state index in [0.29, 0.717) is 23.6 Å². The highest BCUT2D eigenvalue weighted by molar-refractivity contribution is 6.09. The van der Waals surface area contributed by atoms with Gasteiger partial charge in [0.05, 0.1) is 4.92 Å². The minimum atomic E-state index is -0.625. The zero-order valence-corrected chi connectivity index (χ0v) is 18.0. The SMILES string of the molecule is N#CC(=Cc1ccccc1OCc1cccc2ccccc12)C(=O)Nc1ccc([N+](=O)[O-])cc1. The Hall–Kier alpha value is -4.96. The molecule has 0 heterocycles. The molecule has 0 saturated heterocycles. The quantitative estimate of drug-likeness (QED) is 0.164. The van der Waals surface area contributed by atoms with E-state index in [-0.39, 0.29) is 11.3 Å². The molecular formula is C27H19N3O4. The van der Waals surface area contributed by atoms with Gasteiger partial charge in [-0.25, -0.2) is 0 Å². The van der Waals surface area contributed by atoms with Gasteiger partial charge in [-0.1, -0.05) is 60.7 Å². The van der Waals surface area contributed by atoms with E-state index < -0.39 is 10.8 Å². The summed E-state index contributed by atoms with van der Waals surface area (Å²) in [5.41, 5.74) is 1.73. The van der Waals surface area contributed by atoms with E-state index in [1.807, 2.05) is 54.6 Å². The molecule has 4 aromatic carbocycles. The zero-order valence-electron chi connectivity index (χ0n) is 18.0. The maximum Gasteiger partial charge on any atom is 0.269 e. The Morgan fingerprint density at radius 3 is 2.44 bits per heavy atom. The molecule has 0 spiro atoms. The van der Waals surface area contributed by atoms with E-state index in [1.54, 1.807) is 18.2 Å². The number of nitriles is 1. The summed E-state index contributed by atoms with van der Waals surface area (Å²) in [6.07, 6.45) is 1.46. The van der Waals surface area contributed by atoms with Gasteiger partial charge in [0, 0.05) is 23.4 Å². The average molecular weight is 449 g/mol. The summed E-state index contributed by atoms with van der Waals surface area (Å²) in [5.74, 6) is -0.0912. The van der Waals surface area contributed by atoms with Crippen molar-refractivity contribution in [3.63, 3.8) is 0 Å². The van der Waals surface area contributed by atoms with Gasteiger partial charge in [-0.05, 0) is 40.6 Å². The van der Waals surface area contributed by atoms with Crippen molar-refractivity contribution in [3.05, 3.63) is 118 Å². The highest BCUT2D eigenvalue weighted by atomic mass is 16.6. The number of hydrogen-bond acceptors (Lipinski definition) is 5. The first-order valence-electron chi connectivity index (χ1n) is 10.4. The third-order valence-corrected chi connectivity index (χ3v) is 5.18. The van der Waals surface area contributed by atoms with E-state index in [1.165, 1.54) is 30.3 Å². The van der Waals surface area contributed by atoms with Crippen molar-refractivity contribution in [3.8, 4) is 11.8 Å². The highest BCUT2D eigenvalue weighted by Gasteiger charge is 2.13. The van der Waals surface area contributed by atoms with Crippen LogP contribution in [0.25, 0.3) is 16.8 Å². The second-order valence-corrected chi connectivity index (χ2v) is 7.39. The third kappa shape index (κ3) is 5.09. The first-order valence-corrected chi connectivity index (χ1v) is 10.4. The van der Waals surface area contributed by atoms with Crippen LogP contribution in [-0.2, 0) is 11.4 Å². The van der Waals surface area contributed by atoms with Crippen LogP contribution in [0.4, 0.5) is 11.4 Å². The van der Waals surface area contributed by atoms with E-state index in [4.69, 9.17) is 4.74 Å². The van der Waals surface area contributed by atoms with Crippen LogP contribution < -0.4 is 10.1 Å². The number of nitro benzene ring substituents is 1. The van der Waals surface area contributed by atoms with Gasteiger partial charge < -0.3 is 10.1 Å². The summed E-state index contributed by atoms with van der Waals surface area (Å²) in [5, 5.41) is 25.1. The molecule has 0 saturated carbocycles. The van der Waals surface area contributed by atoms with Crippen molar-refractivity contribution < 1.29 is 14.5 Å². The fourth-order valence-corrected chi connectivity index (χ4v) is 3.47. The van der Waals surface area contributed by atoms with Gasteiger partial charge in [0.25, 0.3) is 11.6 Å². The number of fused-ring (bicyclic) bond motifs is 1. The van der Waals surface area contributed by atoms with Crippen LogP contribution in [0.15, 0.2) is 96.6 Å². The van der Waals surface area contributed by atoms with Gasteiger partial charge in [-0.15, -0.1) is 0 Å². The smallest absolute Gasteiger partial charge is 0.269 e. The van der Waals surface area contributed by atoms with Crippen molar-refractivity contribution in [2.24, 2.45) is 0 Å². The molecular weight excluding hydrogens is 430 g/mol. The average Bonchev–Trinajstić information content (AvgIpc) is 2.86. The van der Waals surface area contributed by atoms with E-state index >= 15 is 0 Å². The van der Waals surface area contributed by atoms with Crippen molar-refractivity contribution in [1.82, 2.24) is 0 Å². The molecule has 0 radical (unpaired) electrons. The minimum absolute atomic E-state index is 0.0914. The van der Waals surface area contributed by atoms with Crippen molar-refractivity contribution in [2.45, 2.75) is 6.61 Å². The molecule has 0 aliphatic carbocycles. The summed E-state index contributed by atoms with van der Waals surface area (Å²) in [7, 11) is 0. The van der Waals surface area contributed by atoms with E-state index in [0.717, 1.165) is 16.3 Å². The summed E-state index contributed by atoms with van der Waals surface area (Å²) in [6, 6.07) is 28.5. The number of non-ortho nitro benzene ring substituents is 1. The molecule has 4 rings (SSSR count). The van der Waals surface area contributed by atoms with Crippen molar-refractivity contribution in [2.75, 3.05) is 5.32 Å². The van der Waals surface area contributed by atoms with Gasteiger partial charge in [0.2, 0.25) is 0 Å². The Morgan fingerprint density at radius 1 is 0.971 bits per heavy atom. The summed E-state index contributed by atoms with van der Waals surface area (Å²) in [6.45, 7) is 0.323. The lowest BCUT2D eigenvalue weighted by Gasteiger charge is -2.12. The van der Waals surface area contributed by atoms with E-state index in [2.05, 4.69) is 5.32 Å². The molecule has 0 fully saturated rings. The van der Waals surface area contributed by atoms with Crippen molar-refractivity contribution >= 4 is 34.1 Å². The summed E-state index contributed by atoms with van der Waals surface area (Å²) >= 11 is 0. The molecule has 1 amide bonds. The van der Waals surface area contributed by atoms with Gasteiger partial charge in [0.1, 0.15) is 24.0 Å². The van der Waals surface area contributed by atoms with Crippen LogP contribution >= 0.6 is 0 Å². The Balaban J connectivity index is 1.53. The topological polar surface area (TPSA) is 105 Å². The molecule has 0 atom stereocenters. The molecule has 0 aliphatic heterocycles. The number of nitrogens with zero attached hydrogens (tertiary/aromatic N) is 2. The molecule has 7 heteroatoms. The van der Waals surface area contributed by atoms with E-state index in [9.17, 15) is 20.2 Å². The van der Waals surface area contributed by atoms with Crippen LogP contribution in [0.2, 0.25) is 0 Å². The molecule has 0 unspecified atom stereocenters. The number of hydrogen-bond donors (Lipinski definition) is 1. The minimum Gasteiger partial charge on any atom is -0.488 e. The van der Waals surface area contributed by atoms with Gasteiger partial charge in [0.15, 0.2) is 0 Å². The van der Waals surface area contributed by atoms with Crippen LogP contribution in [0.5, 0.6) is 5.75 Å². The number of anilines is 1. The second kappa shape index (κ2) is 10.1. The molecule has 0 bridgehead atoms. The number of para-hydroxylation sites is 1. The predicted molar refractivity (Wildman–Crippen MR) is 130 cm³/mol. The van der Waals surface area contributed by atoms with Crippen LogP contribution in [0.1, 0.15) is 11.1 Å². The number of carbonyl (C=O) groups excluding carboxylic acids is 1. The molecule has 166 valence electrons. The Kier molecular flexibility index (Phi) is 6.61. The number of nitrogens with one attached hydrogen (secondary N) is 1. The lowest BCUT2D eigenvalue weighted by Crippen LogP contribution is -2.13. The predicted octanol–water partition coefficient (Wildman–Crippen LogP) is 5.87. The number of amides is 1.